The Labute approximate surface area is 302 Å². The van der Waals surface area contributed by atoms with Crippen LogP contribution < -0.4 is 0 Å². The molecule has 246 valence electrons. The molecule has 5 heteroatoms. The Bertz CT molecular complexity index is 3410. The Kier molecular flexibility index (Phi) is 5.71. The largest absolute Gasteiger partial charge is 0.450 e. The van der Waals surface area contributed by atoms with Crippen LogP contribution in [0.25, 0.3) is 110 Å². The smallest absolute Gasteiger partial charge is 0.197 e. The summed E-state index contributed by atoms with van der Waals surface area (Å²) in [6.07, 6.45) is 0. The molecule has 53 heavy (non-hydrogen) atoms. The van der Waals surface area contributed by atoms with Gasteiger partial charge in [-0.3, -0.25) is 4.57 Å². The number of benzene rings is 8. The first-order valence-corrected chi connectivity index (χ1v) is 17.9. The van der Waals surface area contributed by atoms with Crippen molar-refractivity contribution in [3.8, 4) is 22.9 Å². The first-order valence-electron chi connectivity index (χ1n) is 17.9. The van der Waals surface area contributed by atoms with E-state index in [9.17, 15) is 0 Å². The van der Waals surface area contributed by atoms with Gasteiger partial charge in [0.15, 0.2) is 17.2 Å². The third-order valence-corrected chi connectivity index (χ3v) is 10.9. The first kappa shape index (κ1) is 28.5. The Balaban J connectivity index is 1.24. The molecule has 0 saturated carbocycles. The summed E-state index contributed by atoms with van der Waals surface area (Å²) in [6, 6.07) is 60.1. The SMILES string of the molecule is c1ccc(-c2nc(-n3c4ccc(-n5c6ccccc6c6ccccc65)cc4c4c5ccccc5ccc43)c3oc4ccc5ccccc5c4c3n2)cc1. The number of nitrogens with zero attached hydrogens (tertiary/aromatic N) is 4. The van der Waals surface area contributed by atoms with Crippen molar-refractivity contribution in [3.05, 3.63) is 170 Å². The average Bonchev–Trinajstić information content (AvgIpc) is 3.89. The van der Waals surface area contributed by atoms with Crippen LogP contribution in [0.5, 0.6) is 0 Å². The molecule has 0 aliphatic heterocycles. The maximum Gasteiger partial charge on any atom is 0.197 e. The molecule has 0 N–H and O–H groups in total. The van der Waals surface area contributed by atoms with Gasteiger partial charge in [0.25, 0.3) is 0 Å². The normalized spacial score (nSPS) is 12.2. The van der Waals surface area contributed by atoms with Gasteiger partial charge >= 0.3 is 0 Å². The number of hydrogen-bond donors (Lipinski definition) is 0. The molecule has 8 aromatic carbocycles. The van der Waals surface area contributed by atoms with Crippen LogP contribution in [-0.2, 0) is 0 Å². The molecule has 0 saturated heterocycles. The second-order valence-electron chi connectivity index (χ2n) is 13.8. The standard InChI is InChI=1S/C48H28N4O/c1-2-14-31(15-3-1)47-49-45-44-34-17-7-5-13-30(34)23-27-42(44)53-46(45)48(50-47)52-40-26-24-32(28-37(40)43-33-16-6-4-12-29(33)22-25-41(43)52)51-38-20-10-8-18-35(38)36-19-9-11-21-39(36)51/h1-28H. The molecule has 0 bridgehead atoms. The number of furan rings is 1. The molecule has 0 amide bonds. The van der Waals surface area contributed by atoms with Crippen molar-refractivity contribution in [2.75, 3.05) is 0 Å². The number of para-hydroxylation sites is 2. The summed E-state index contributed by atoms with van der Waals surface area (Å²) < 4.78 is 11.5. The molecule has 5 nitrogen and oxygen atoms in total. The lowest BCUT2D eigenvalue weighted by Crippen LogP contribution is -2.02. The molecular weight excluding hydrogens is 649 g/mol. The van der Waals surface area contributed by atoms with E-state index in [0.717, 1.165) is 54.9 Å². The van der Waals surface area contributed by atoms with E-state index in [2.05, 4.69) is 161 Å². The van der Waals surface area contributed by atoms with Crippen molar-refractivity contribution in [3.63, 3.8) is 0 Å². The van der Waals surface area contributed by atoms with Gasteiger partial charge in [0, 0.05) is 32.8 Å². The second-order valence-corrected chi connectivity index (χ2v) is 13.8. The molecule has 0 radical (unpaired) electrons. The highest BCUT2D eigenvalue weighted by Crippen LogP contribution is 2.43. The van der Waals surface area contributed by atoms with Crippen LogP contribution in [0.4, 0.5) is 0 Å². The number of fused-ring (bicyclic) bond motifs is 13. The molecule has 0 unspecified atom stereocenters. The minimum atomic E-state index is 0.654. The zero-order chi connectivity index (χ0) is 34.6. The average molecular weight is 677 g/mol. The minimum Gasteiger partial charge on any atom is -0.450 e. The molecular formula is C48H28N4O. The van der Waals surface area contributed by atoms with Gasteiger partial charge in [-0.2, -0.15) is 0 Å². The van der Waals surface area contributed by atoms with Gasteiger partial charge in [0.05, 0.1) is 27.5 Å². The predicted octanol–water partition coefficient (Wildman–Crippen LogP) is 12.5. The first-order chi connectivity index (χ1) is 26.3. The summed E-state index contributed by atoms with van der Waals surface area (Å²) in [5.41, 5.74) is 8.78. The fourth-order valence-corrected chi connectivity index (χ4v) is 8.61. The van der Waals surface area contributed by atoms with E-state index in [1.54, 1.807) is 0 Å². The van der Waals surface area contributed by atoms with Crippen LogP contribution in [0.1, 0.15) is 0 Å². The van der Waals surface area contributed by atoms with E-state index >= 15 is 0 Å². The van der Waals surface area contributed by atoms with Crippen LogP contribution in [0.15, 0.2) is 174 Å². The molecule has 12 rings (SSSR count). The lowest BCUT2D eigenvalue weighted by molar-refractivity contribution is 0.662. The van der Waals surface area contributed by atoms with Crippen molar-refractivity contribution in [2.45, 2.75) is 0 Å². The highest BCUT2D eigenvalue weighted by atomic mass is 16.3. The molecule has 4 heterocycles. The van der Waals surface area contributed by atoms with Crippen molar-refractivity contribution in [2.24, 2.45) is 0 Å². The number of hydrogen-bond acceptors (Lipinski definition) is 3. The van der Waals surface area contributed by atoms with Gasteiger partial charge in [0.1, 0.15) is 11.1 Å². The summed E-state index contributed by atoms with van der Waals surface area (Å²) in [6.45, 7) is 0. The van der Waals surface area contributed by atoms with E-state index in [1.165, 1.54) is 38.0 Å². The summed E-state index contributed by atoms with van der Waals surface area (Å²) in [5, 5.41) is 10.4. The summed E-state index contributed by atoms with van der Waals surface area (Å²) in [5.74, 6) is 1.37. The van der Waals surface area contributed by atoms with Crippen molar-refractivity contribution in [1.82, 2.24) is 19.1 Å². The minimum absolute atomic E-state index is 0.654. The van der Waals surface area contributed by atoms with Crippen molar-refractivity contribution >= 4 is 87.2 Å². The van der Waals surface area contributed by atoms with Gasteiger partial charge in [-0.05, 0) is 64.0 Å². The quantitative estimate of drug-likeness (QED) is 0.187. The van der Waals surface area contributed by atoms with Gasteiger partial charge in [-0.1, -0.05) is 127 Å². The zero-order valence-corrected chi connectivity index (χ0v) is 28.4. The van der Waals surface area contributed by atoms with E-state index in [-0.39, 0.29) is 0 Å². The monoisotopic (exact) mass is 676 g/mol. The molecule has 0 fully saturated rings. The maximum absolute atomic E-state index is 6.82. The van der Waals surface area contributed by atoms with Crippen LogP contribution >= 0.6 is 0 Å². The summed E-state index contributed by atoms with van der Waals surface area (Å²) in [7, 11) is 0. The number of rotatable bonds is 3. The second kappa shape index (κ2) is 10.6. The molecule has 0 aliphatic rings. The fraction of sp³-hybridized carbons (Fsp3) is 0. The molecule has 0 spiro atoms. The van der Waals surface area contributed by atoms with Gasteiger partial charge in [-0.25, -0.2) is 9.97 Å². The number of aromatic nitrogens is 4. The van der Waals surface area contributed by atoms with Crippen molar-refractivity contribution < 1.29 is 4.42 Å². The Morgan fingerprint density at radius 2 is 1.00 bits per heavy atom. The lowest BCUT2D eigenvalue weighted by Gasteiger charge is -2.11. The summed E-state index contributed by atoms with van der Waals surface area (Å²) in [4.78, 5) is 10.6. The van der Waals surface area contributed by atoms with Crippen LogP contribution in [0.3, 0.4) is 0 Å². The molecule has 0 atom stereocenters. The van der Waals surface area contributed by atoms with Crippen molar-refractivity contribution in [1.29, 1.82) is 0 Å². The third-order valence-electron chi connectivity index (χ3n) is 10.9. The van der Waals surface area contributed by atoms with Gasteiger partial charge in [-0.15, -0.1) is 0 Å². The van der Waals surface area contributed by atoms with Gasteiger partial charge in [0.2, 0.25) is 0 Å². The highest BCUT2D eigenvalue weighted by molar-refractivity contribution is 6.23. The fourth-order valence-electron chi connectivity index (χ4n) is 8.61. The third kappa shape index (κ3) is 3.96. The van der Waals surface area contributed by atoms with E-state index in [4.69, 9.17) is 14.4 Å². The highest BCUT2D eigenvalue weighted by Gasteiger charge is 2.24. The Morgan fingerprint density at radius 3 is 1.74 bits per heavy atom. The molecule has 12 aromatic rings. The van der Waals surface area contributed by atoms with Crippen LogP contribution in [0, 0.1) is 0 Å². The topological polar surface area (TPSA) is 48.8 Å². The predicted molar refractivity (Wildman–Crippen MR) is 218 cm³/mol. The van der Waals surface area contributed by atoms with E-state index in [0.29, 0.717) is 17.2 Å². The Morgan fingerprint density at radius 1 is 0.415 bits per heavy atom. The maximum atomic E-state index is 6.82. The lowest BCUT2D eigenvalue weighted by atomic mass is 10.0. The molecule has 0 aliphatic carbocycles. The van der Waals surface area contributed by atoms with Gasteiger partial charge < -0.3 is 8.98 Å². The zero-order valence-electron chi connectivity index (χ0n) is 28.4. The van der Waals surface area contributed by atoms with Crippen LogP contribution in [0.2, 0.25) is 0 Å². The van der Waals surface area contributed by atoms with E-state index in [1.807, 2.05) is 18.2 Å². The van der Waals surface area contributed by atoms with E-state index < -0.39 is 0 Å². The molecule has 4 aromatic heterocycles. The van der Waals surface area contributed by atoms with Crippen LogP contribution in [-0.4, -0.2) is 19.1 Å². The summed E-state index contributed by atoms with van der Waals surface area (Å²) >= 11 is 0. The Hall–Kier alpha value is -7.24.